The highest BCUT2D eigenvalue weighted by atomic mass is 16.6. The number of carbonyl (C=O) groups is 5. The molecule has 438 valence electrons. The predicted octanol–water partition coefficient (Wildman–Crippen LogP) is 8.18. The first kappa shape index (κ1) is 62.5. The maximum absolute atomic E-state index is 13.5. The van der Waals surface area contributed by atoms with Gasteiger partial charge in [-0.1, -0.05) is 48.5 Å². The molecule has 2 unspecified atom stereocenters. The topological polar surface area (TPSA) is 264 Å². The molecule has 3 amide bonds. The van der Waals surface area contributed by atoms with Crippen molar-refractivity contribution in [1.29, 1.82) is 0 Å². The van der Waals surface area contributed by atoms with Gasteiger partial charge in [0.05, 0.1) is 34.3 Å². The van der Waals surface area contributed by atoms with Gasteiger partial charge in [0.15, 0.2) is 12.1 Å². The Balaban J connectivity index is 0.000000286. The molecule has 2 atom stereocenters. The van der Waals surface area contributed by atoms with Crippen LogP contribution in [0.4, 0.5) is 27.5 Å². The number of fused-ring (bicyclic) bond motifs is 3. The summed E-state index contributed by atoms with van der Waals surface area (Å²) in [6, 6.07) is 22.7. The molecule has 3 aliphatic rings. The van der Waals surface area contributed by atoms with E-state index < -0.39 is 79.9 Å². The number of rotatable bonds is 16. The van der Waals surface area contributed by atoms with Crippen LogP contribution >= 0.6 is 0 Å². The monoisotopic (exact) mass is 1120 g/mol. The lowest BCUT2D eigenvalue weighted by molar-refractivity contribution is -0.385. The molecule has 81 heavy (non-hydrogen) atoms. The van der Waals surface area contributed by atoms with Gasteiger partial charge >= 0.3 is 18.0 Å². The maximum Gasteiger partial charge on any atom is 0.409 e. The van der Waals surface area contributed by atoms with Crippen LogP contribution in [-0.4, -0.2) is 151 Å². The Morgan fingerprint density at radius 1 is 0.568 bits per heavy atom. The molecular weight excluding hydrogens is 1040 g/mol. The Hall–Kier alpha value is -7.69. The number of anilines is 2. The number of hydrogen-bond acceptors (Lipinski definition) is 17. The molecule has 22 heteroatoms. The van der Waals surface area contributed by atoms with Gasteiger partial charge in [0.25, 0.3) is 23.2 Å². The molecule has 4 aromatic carbocycles. The summed E-state index contributed by atoms with van der Waals surface area (Å²) in [5.41, 5.74) is 2.05. The normalized spacial score (nSPS) is 15.4. The van der Waals surface area contributed by atoms with Gasteiger partial charge in [0.2, 0.25) is 0 Å². The van der Waals surface area contributed by atoms with Crippen molar-refractivity contribution in [3.63, 3.8) is 0 Å². The smallest absolute Gasteiger partial charge is 0.409 e. The standard InChI is InChI=1S/C37H44N4O8.C22H34N4O6/c1-36(2,3)48-23-31(34(43)49-37(4,5)6)38-33(42)29-21-24(15-16-32(29)41(45)46)39-17-19-40(20-18-39)35(44)47-22-30-27-13-9-7-11-25(27)26-12-8-10-14-28(26)30;1-21(2,3)31-14-17(20(28)32-22(4,5)6)24-19(27)16-13-15(7-8-18(16)26(29)30)25-11-9-23-10-12-25/h7-16,21,30-31H,17-20,22-23H2,1-6H3,(H,38,42);7-8,13,17,23H,9-12,14H2,1-6H3,(H,24,27). The third kappa shape index (κ3) is 17.9. The SMILES string of the molecule is CC(C)(C)OCC(NC(=O)c1cc(N2CCN(C(=O)OCC3c4ccccc4-c4ccccc43)CC2)ccc1[N+](=O)[O-])C(=O)OC(C)(C)C.CC(C)(C)OCC(NC(=O)c1cc(N2CCNCC2)ccc1[N+](=O)[O-])C(=O)OC(C)(C)C. The second kappa shape index (κ2) is 26.3. The summed E-state index contributed by atoms with van der Waals surface area (Å²) in [4.78, 5) is 93.4. The predicted molar refractivity (Wildman–Crippen MR) is 306 cm³/mol. The quantitative estimate of drug-likeness (QED) is 0.0413. The number of piperazine rings is 2. The Morgan fingerprint density at radius 2 is 0.963 bits per heavy atom. The number of esters is 2. The molecule has 22 nitrogen and oxygen atoms in total. The number of nitrogens with one attached hydrogen (secondary N) is 3. The number of benzene rings is 4. The van der Waals surface area contributed by atoms with Crippen LogP contribution in [0.25, 0.3) is 11.1 Å². The Bertz CT molecular complexity index is 2880. The third-order valence-electron chi connectivity index (χ3n) is 12.9. The van der Waals surface area contributed by atoms with E-state index in [9.17, 15) is 44.2 Å². The Labute approximate surface area is 473 Å². The van der Waals surface area contributed by atoms with Crippen molar-refractivity contribution in [2.75, 3.05) is 82.0 Å². The van der Waals surface area contributed by atoms with E-state index in [1.54, 1.807) is 58.6 Å². The fourth-order valence-corrected chi connectivity index (χ4v) is 9.10. The summed E-state index contributed by atoms with van der Waals surface area (Å²) in [7, 11) is 0. The molecule has 2 aliphatic heterocycles. The van der Waals surface area contributed by atoms with Crippen LogP contribution in [0.2, 0.25) is 0 Å². The van der Waals surface area contributed by atoms with Gasteiger partial charge in [-0.25, -0.2) is 14.4 Å². The summed E-state index contributed by atoms with van der Waals surface area (Å²) in [6.07, 6.45) is -0.407. The first-order valence-corrected chi connectivity index (χ1v) is 27.1. The van der Waals surface area contributed by atoms with E-state index in [0.29, 0.717) is 37.6 Å². The van der Waals surface area contributed by atoms with E-state index in [-0.39, 0.29) is 42.6 Å². The molecule has 2 heterocycles. The van der Waals surface area contributed by atoms with Gasteiger partial charge in [-0.15, -0.1) is 0 Å². The van der Waals surface area contributed by atoms with Crippen LogP contribution in [0, 0.1) is 20.2 Å². The number of carbonyl (C=O) groups excluding carboxylic acids is 5. The highest BCUT2D eigenvalue weighted by Gasteiger charge is 2.35. The molecule has 1 aliphatic carbocycles. The van der Waals surface area contributed by atoms with Crippen molar-refractivity contribution in [3.8, 4) is 11.1 Å². The van der Waals surface area contributed by atoms with Crippen LogP contribution in [0.1, 0.15) is 121 Å². The first-order valence-electron chi connectivity index (χ1n) is 27.1. The van der Waals surface area contributed by atoms with E-state index in [0.717, 1.165) is 48.4 Å². The van der Waals surface area contributed by atoms with Crippen LogP contribution in [0.5, 0.6) is 0 Å². The summed E-state index contributed by atoms with van der Waals surface area (Å²) in [5.74, 6) is -2.97. The second-order valence-corrected chi connectivity index (χ2v) is 23.9. The van der Waals surface area contributed by atoms with Crippen LogP contribution in [0.3, 0.4) is 0 Å². The van der Waals surface area contributed by atoms with E-state index in [2.05, 4.69) is 40.2 Å². The number of nitro benzene ring substituents is 2. The van der Waals surface area contributed by atoms with Crippen molar-refractivity contribution >= 4 is 52.6 Å². The fourth-order valence-electron chi connectivity index (χ4n) is 9.10. The molecule has 4 aromatic rings. The van der Waals surface area contributed by atoms with Gasteiger partial charge < -0.3 is 54.3 Å². The highest BCUT2D eigenvalue weighted by molar-refractivity contribution is 6.02. The zero-order valence-corrected chi connectivity index (χ0v) is 48.5. The fraction of sp³-hybridized carbons (Fsp3) is 0.508. The lowest BCUT2D eigenvalue weighted by atomic mass is 9.98. The lowest BCUT2D eigenvalue weighted by Crippen LogP contribution is -2.49. The highest BCUT2D eigenvalue weighted by Crippen LogP contribution is 2.44. The van der Waals surface area contributed by atoms with Crippen LogP contribution in [0.15, 0.2) is 84.9 Å². The molecule has 0 bridgehead atoms. The molecule has 3 N–H and O–H groups in total. The number of hydrogen-bond donors (Lipinski definition) is 3. The minimum Gasteiger partial charge on any atom is -0.458 e. The number of amides is 3. The van der Waals surface area contributed by atoms with Crippen molar-refractivity contribution < 1.29 is 57.5 Å². The second-order valence-electron chi connectivity index (χ2n) is 23.9. The van der Waals surface area contributed by atoms with Gasteiger partial charge in [-0.3, -0.25) is 29.8 Å². The minimum absolute atomic E-state index is 0.0442. The minimum atomic E-state index is -1.20. The largest absolute Gasteiger partial charge is 0.458 e. The molecule has 7 rings (SSSR count). The van der Waals surface area contributed by atoms with Crippen LogP contribution in [-0.2, 0) is 33.3 Å². The zero-order chi connectivity index (χ0) is 59.6. The third-order valence-corrected chi connectivity index (χ3v) is 12.9. The summed E-state index contributed by atoms with van der Waals surface area (Å²) >= 11 is 0. The lowest BCUT2D eigenvalue weighted by Gasteiger charge is -2.35. The molecule has 0 saturated carbocycles. The number of nitrogens with zero attached hydrogens (tertiary/aromatic N) is 5. The van der Waals surface area contributed by atoms with Crippen LogP contribution < -0.4 is 25.8 Å². The number of nitro groups is 2. The summed E-state index contributed by atoms with van der Waals surface area (Å²) in [5, 5.41) is 31.9. The molecule has 2 saturated heterocycles. The number of ether oxygens (including phenoxy) is 5. The molecule has 0 radical (unpaired) electrons. The Kier molecular flexibility index (Phi) is 20.3. The van der Waals surface area contributed by atoms with Gasteiger partial charge in [0.1, 0.15) is 28.9 Å². The van der Waals surface area contributed by atoms with Gasteiger partial charge in [0, 0.05) is 81.8 Å². The zero-order valence-electron chi connectivity index (χ0n) is 48.5. The molecular formula is C59H78N8O14. The van der Waals surface area contributed by atoms with E-state index in [1.807, 2.05) is 75.6 Å². The van der Waals surface area contributed by atoms with Crippen molar-refractivity contribution in [1.82, 2.24) is 20.9 Å². The van der Waals surface area contributed by atoms with Gasteiger partial charge in [-0.2, -0.15) is 0 Å². The average Bonchev–Trinajstić information content (AvgIpc) is 3.71. The Morgan fingerprint density at radius 3 is 1.35 bits per heavy atom. The summed E-state index contributed by atoms with van der Waals surface area (Å²) in [6.45, 7) is 25.6. The molecule has 0 spiro atoms. The van der Waals surface area contributed by atoms with Gasteiger partial charge in [-0.05, 0) is 130 Å². The van der Waals surface area contributed by atoms with Crippen molar-refractivity contribution in [2.24, 2.45) is 0 Å². The summed E-state index contributed by atoms with van der Waals surface area (Å²) < 4.78 is 28.2. The molecule has 2 fully saturated rings. The first-order chi connectivity index (χ1) is 37.9. The van der Waals surface area contributed by atoms with E-state index in [4.69, 9.17) is 23.7 Å². The van der Waals surface area contributed by atoms with Crippen molar-refractivity contribution in [3.05, 3.63) is 127 Å². The van der Waals surface area contributed by atoms with Crippen molar-refractivity contribution in [2.45, 2.75) is 123 Å². The molecule has 0 aromatic heterocycles. The average molecular weight is 1120 g/mol. The van der Waals surface area contributed by atoms with E-state index >= 15 is 0 Å². The maximum atomic E-state index is 13.5. The van der Waals surface area contributed by atoms with E-state index in [1.165, 1.54) is 24.3 Å².